The summed E-state index contributed by atoms with van der Waals surface area (Å²) in [7, 11) is 0. The highest BCUT2D eigenvalue weighted by atomic mass is 16.3. The molecule has 0 aromatic rings. The SMILES string of the molecule is C[C@H](CCO)NC(=O)C1C2CC3CC(C2)CC1C3. The molecule has 0 unspecified atom stereocenters. The predicted molar refractivity (Wildman–Crippen MR) is 69.8 cm³/mol. The Hall–Kier alpha value is -0.570. The van der Waals surface area contributed by atoms with E-state index in [0.717, 1.165) is 11.8 Å². The lowest BCUT2D eigenvalue weighted by Gasteiger charge is -2.53. The van der Waals surface area contributed by atoms with E-state index in [1.54, 1.807) is 0 Å². The summed E-state index contributed by atoms with van der Waals surface area (Å²) < 4.78 is 0. The molecule has 2 N–H and O–H groups in total. The molecule has 102 valence electrons. The van der Waals surface area contributed by atoms with Gasteiger partial charge in [0.15, 0.2) is 0 Å². The van der Waals surface area contributed by atoms with Crippen molar-refractivity contribution in [2.45, 2.75) is 51.5 Å². The molecule has 0 aromatic carbocycles. The first-order chi connectivity index (χ1) is 8.67. The molecule has 4 saturated carbocycles. The molecule has 0 aliphatic heterocycles. The van der Waals surface area contributed by atoms with Gasteiger partial charge in [-0.1, -0.05) is 0 Å². The molecule has 1 atom stereocenters. The highest BCUT2D eigenvalue weighted by Crippen LogP contribution is 2.56. The van der Waals surface area contributed by atoms with Crippen molar-refractivity contribution in [1.29, 1.82) is 0 Å². The van der Waals surface area contributed by atoms with Crippen LogP contribution in [0.2, 0.25) is 0 Å². The normalized spacial score (nSPS) is 42.9. The Labute approximate surface area is 109 Å². The van der Waals surface area contributed by atoms with Crippen LogP contribution in [0.4, 0.5) is 0 Å². The number of aliphatic hydroxyl groups is 1. The third-order valence-corrected chi connectivity index (χ3v) is 5.48. The standard InChI is InChI=1S/C15H25NO2/c1-9(2-3-17)16-15(18)14-12-5-10-4-11(7-12)8-13(14)6-10/h9-14,17H,2-8H2,1H3,(H,16,18)/t9-,10?,11?,12?,13?,14?/m1/s1. The maximum atomic E-state index is 12.4. The summed E-state index contributed by atoms with van der Waals surface area (Å²) >= 11 is 0. The molecule has 4 rings (SSSR count). The number of nitrogens with one attached hydrogen (secondary N) is 1. The van der Waals surface area contributed by atoms with Crippen LogP contribution in [0.3, 0.4) is 0 Å². The lowest BCUT2D eigenvalue weighted by molar-refractivity contribution is -0.138. The van der Waals surface area contributed by atoms with E-state index in [1.807, 2.05) is 6.92 Å². The Bertz CT molecular complexity index is 300. The van der Waals surface area contributed by atoms with Crippen LogP contribution in [-0.2, 0) is 4.79 Å². The fourth-order valence-electron chi connectivity index (χ4n) is 4.96. The van der Waals surface area contributed by atoms with Gasteiger partial charge in [0, 0.05) is 18.6 Å². The van der Waals surface area contributed by atoms with Crippen LogP contribution in [0.15, 0.2) is 0 Å². The van der Waals surface area contributed by atoms with E-state index in [0.29, 0.717) is 18.3 Å². The number of carbonyl (C=O) groups excluding carboxylic acids is 1. The Balaban J connectivity index is 1.64. The minimum absolute atomic E-state index is 0.111. The van der Waals surface area contributed by atoms with Crippen LogP contribution in [0.1, 0.15) is 45.4 Å². The van der Waals surface area contributed by atoms with E-state index in [4.69, 9.17) is 5.11 Å². The third kappa shape index (κ3) is 2.18. The third-order valence-electron chi connectivity index (χ3n) is 5.48. The van der Waals surface area contributed by atoms with Gasteiger partial charge >= 0.3 is 0 Å². The molecule has 4 bridgehead atoms. The summed E-state index contributed by atoms with van der Waals surface area (Å²) in [6.45, 7) is 2.15. The summed E-state index contributed by atoms with van der Waals surface area (Å²) in [5.74, 6) is 3.70. The largest absolute Gasteiger partial charge is 0.396 e. The number of carbonyl (C=O) groups is 1. The van der Waals surface area contributed by atoms with Gasteiger partial charge in [-0.05, 0) is 69.1 Å². The first-order valence-electron chi connectivity index (χ1n) is 7.58. The first kappa shape index (κ1) is 12.5. The Kier molecular flexibility index (Phi) is 3.35. The second kappa shape index (κ2) is 4.84. The average molecular weight is 251 g/mol. The zero-order chi connectivity index (χ0) is 12.7. The second-order valence-corrected chi connectivity index (χ2v) is 6.88. The summed E-state index contributed by atoms with van der Waals surface area (Å²) in [4.78, 5) is 12.4. The van der Waals surface area contributed by atoms with Crippen molar-refractivity contribution in [3.05, 3.63) is 0 Å². The van der Waals surface area contributed by atoms with Gasteiger partial charge in [0.05, 0.1) is 0 Å². The minimum Gasteiger partial charge on any atom is -0.396 e. The minimum atomic E-state index is 0.111. The maximum Gasteiger partial charge on any atom is 0.223 e. The molecule has 0 saturated heterocycles. The highest BCUT2D eigenvalue weighted by Gasteiger charge is 2.50. The molecular weight excluding hydrogens is 226 g/mol. The highest BCUT2D eigenvalue weighted by molar-refractivity contribution is 5.80. The summed E-state index contributed by atoms with van der Waals surface area (Å²) in [5.41, 5.74) is 0. The Morgan fingerprint density at radius 2 is 1.72 bits per heavy atom. The van der Waals surface area contributed by atoms with Crippen LogP contribution in [-0.4, -0.2) is 23.7 Å². The van der Waals surface area contributed by atoms with Crippen LogP contribution in [0.25, 0.3) is 0 Å². The molecule has 0 spiro atoms. The second-order valence-electron chi connectivity index (χ2n) is 6.88. The molecular formula is C15H25NO2. The van der Waals surface area contributed by atoms with E-state index in [1.165, 1.54) is 32.1 Å². The number of aliphatic hydroxyl groups excluding tert-OH is 1. The van der Waals surface area contributed by atoms with Crippen molar-refractivity contribution < 1.29 is 9.90 Å². The number of amides is 1. The summed E-state index contributed by atoms with van der Waals surface area (Å²) in [5, 5.41) is 12.0. The lowest BCUT2D eigenvalue weighted by Crippen LogP contribution is -2.52. The van der Waals surface area contributed by atoms with Crippen LogP contribution in [0.5, 0.6) is 0 Å². The van der Waals surface area contributed by atoms with Gasteiger partial charge in [-0.15, -0.1) is 0 Å². The van der Waals surface area contributed by atoms with E-state index in [-0.39, 0.29) is 24.5 Å². The van der Waals surface area contributed by atoms with Crippen LogP contribution >= 0.6 is 0 Å². The fraction of sp³-hybridized carbons (Fsp3) is 0.933. The average Bonchev–Trinajstić information content (AvgIpc) is 2.27. The van der Waals surface area contributed by atoms with Gasteiger partial charge in [-0.2, -0.15) is 0 Å². The molecule has 4 aliphatic carbocycles. The van der Waals surface area contributed by atoms with E-state index in [9.17, 15) is 4.79 Å². The first-order valence-corrected chi connectivity index (χ1v) is 7.58. The predicted octanol–water partition coefficient (Wildman–Crippen LogP) is 1.95. The summed E-state index contributed by atoms with van der Waals surface area (Å²) in [6.07, 6.45) is 7.26. The van der Waals surface area contributed by atoms with Crippen molar-refractivity contribution in [3.63, 3.8) is 0 Å². The molecule has 0 radical (unpaired) electrons. The number of rotatable bonds is 4. The van der Waals surface area contributed by atoms with Gasteiger partial charge in [0.1, 0.15) is 0 Å². The number of hydrogen-bond acceptors (Lipinski definition) is 2. The Morgan fingerprint density at radius 1 is 1.17 bits per heavy atom. The molecule has 4 fully saturated rings. The molecule has 18 heavy (non-hydrogen) atoms. The lowest BCUT2D eigenvalue weighted by atomic mass is 9.51. The monoisotopic (exact) mass is 251 g/mol. The topological polar surface area (TPSA) is 49.3 Å². The fourth-order valence-corrected chi connectivity index (χ4v) is 4.96. The van der Waals surface area contributed by atoms with E-state index >= 15 is 0 Å². The van der Waals surface area contributed by atoms with Crippen molar-refractivity contribution in [2.24, 2.45) is 29.6 Å². The van der Waals surface area contributed by atoms with Crippen LogP contribution in [0, 0.1) is 29.6 Å². The number of hydrogen-bond donors (Lipinski definition) is 2. The zero-order valence-corrected chi connectivity index (χ0v) is 11.3. The molecule has 4 aliphatic rings. The molecule has 0 aromatic heterocycles. The summed E-state index contributed by atoms with van der Waals surface area (Å²) in [6, 6.07) is 0.111. The molecule has 3 nitrogen and oxygen atoms in total. The molecule has 0 heterocycles. The van der Waals surface area contributed by atoms with Gasteiger partial charge in [0.2, 0.25) is 5.91 Å². The van der Waals surface area contributed by atoms with Crippen molar-refractivity contribution in [2.75, 3.05) is 6.61 Å². The zero-order valence-electron chi connectivity index (χ0n) is 11.3. The van der Waals surface area contributed by atoms with Crippen molar-refractivity contribution >= 4 is 5.91 Å². The molecule has 3 heteroatoms. The van der Waals surface area contributed by atoms with E-state index < -0.39 is 0 Å². The van der Waals surface area contributed by atoms with Gasteiger partial charge in [0.25, 0.3) is 0 Å². The van der Waals surface area contributed by atoms with Crippen molar-refractivity contribution in [1.82, 2.24) is 5.32 Å². The van der Waals surface area contributed by atoms with E-state index in [2.05, 4.69) is 5.32 Å². The molecule has 1 amide bonds. The van der Waals surface area contributed by atoms with Crippen LogP contribution < -0.4 is 5.32 Å². The Morgan fingerprint density at radius 3 is 2.22 bits per heavy atom. The van der Waals surface area contributed by atoms with Gasteiger partial charge in [-0.3, -0.25) is 4.79 Å². The quantitative estimate of drug-likeness (QED) is 0.802. The maximum absolute atomic E-state index is 12.4. The smallest absolute Gasteiger partial charge is 0.223 e. The van der Waals surface area contributed by atoms with Crippen molar-refractivity contribution in [3.8, 4) is 0 Å². The van der Waals surface area contributed by atoms with Gasteiger partial charge < -0.3 is 10.4 Å². The van der Waals surface area contributed by atoms with Gasteiger partial charge in [-0.25, -0.2) is 0 Å².